The highest BCUT2D eigenvalue weighted by molar-refractivity contribution is 5.44. The lowest BCUT2D eigenvalue weighted by Crippen LogP contribution is -2.25. The molecule has 0 saturated heterocycles. The molecule has 4 heteroatoms. The van der Waals surface area contributed by atoms with Gasteiger partial charge < -0.3 is 9.47 Å². The van der Waals surface area contributed by atoms with Crippen LogP contribution >= 0.6 is 0 Å². The van der Waals surface area contributed by atoms with Crippen molar-refractivity contribution in [3.8, 4) is 11.5 Å². The molecule has 1 aliphatic heterocycles. The summed E-state index contributed by atoms with van der Waals surface area (Å²) in [5.74, 6) is 0.186. The van der Waals surface area contributed by atoms with Gasteiger partial charge in [0.25, 0.3) is 0 Å². The largest absolute Gasteiger partial charge is 0.586 e. The maximum Gasteiger partial charge on any atom is 0.586 e. The van der Waals surface area contributed by atoms with Crippen molar-refractivity contribution in [1.29, 1.82) is 0 Å². The van der Waals surface area contributed by atoms with E-state index >= 15 is 0 Å². The zero-order valence-electron chi connectivity index (χ0n) is 6.30. The van der Waals surface area contributed by atoms with Gasteiger partial charge in [-0.25, -0.2) is 0 Å². The van der Waals surface area contributed by atoms with Gasteiger partial charge in [-0.1, -0.05) is 13.5 Å². The van der Waals surface area contributed by atoms with Gasteiger partial charge in [0, 0.05) is 0 Å². The SMILES string of the molecule is C.Cc1ccc2c(c1)OC(F)(F)O2. The topological polar surface area (TPSA) is 18.5 Å². The summed E-state index contributed by atoms with van der Waals surface area (Å²) in [5, 5.41) is 0. The van der Waals surface area contributed by atoms with Crippen LogP contribution in [0.15, 0.2) is 18.2 Å². The minimum absolute atomic E-state index is 0. The fourth-order valence-corrected chi connectivity index (χ4v) is 1.06. The van der Waals surface area contributed by atoms with Gasteiger partial charge in [0.2, 0.25) is 0 Å². The lowest BCUT2D eigenvalue weighted by molar-refractivity contribution is -0.286. The van der Waals surface area contributed by atoms with Gasteiger partial charge in [-0.3, -0.25) is 0 Å². The maximum absolute atomic E-state index is 12.4. The third-order valence-corrected chi connectivity index (χ3v) is 1.56. The van der Waals surface area contributed by atoms with Gasteiger partial charge >= 0.3 is 6.29 Å². The van der Waals surface area contributed by atoms with Crippen LogP contribution in [0.1, 0.15) is 13.0 Å². The monoisotopic (exact) mass is 188 g/mol. The molecule has 0 radical (unpaired) electrons. The molecule has 0 aliphatic carbocycles. The molecule has 13 heavy (non-hydrogen) atoms. The first kappa shape index (κ1) is 9.77. The van der Waals surface area contributed by atoms with Crippen molar-refractivity contribution in [1.82, 2.24) is 0 Å². The standard InChI is InChI=1S/C8H6F2O2.CH4/c1-5-2-3-6-7(4-5)12-8(9,10)11-6;/h2-4H,1H3;1H4. The summed E-state index contributed by atoms with van der Waals surface area (Å²) in [6.45, 7) is 1.79. The molecule has 0 atom stereocenters. The van der Waals surface area contributed by atoms with E-state index in [1.165, 1.54) is 12.1 Å². The Morgan fingerprint density at radius 3 is 2.46 bits per heavy atom. The molecule has 1 aliphatic rings. The minimum atomic E-state index is -3.50. The molecule has 0 amide bonds. The first-order valence-electron chi connectivity index (χ1n) is 3.43. The number of hydrogen-bond acceptors (Lipinski definition) is 2. The Hall–Kier alpha value is -1.32. The van der Waals surface area contributed by atoms with E-state index in [1.54, 1.807) is 13.0 Å². The van der Waals surface area contributed by atoms with Crippen molar-refractivity contribution in [2.24, 2.45) is 0 Å². The van der Waals surface area contributed by atoms with E-state index in [-0.39, 0.29) is 18.9 Å². The van der Waals surface area contributed by atoms with Crippen LogP contribution in [0, 0.1) is 6.92 Å². The highest BCUT2D eigenvalue weighted by Gasteiger charge is 2.43. The zero-order valence-corrected chi connectivity index (χ0v) is 6.30. The molecular formula is C9H10F2O2. The van der Waals surface area contributed by atoms with Crippen molar-refractivity contribution in [3.63, 3.8) is 0 Å². The molecule has 0 bridgehead atoms. The number of hydrogen-bond donors (Lipinski definition) is 0. The molecule has 0 N–H and O–H groups in total. The molecule has 2 rings (SSSR count). The molecule has 0 fully saturated rings. The zero-order chi connectivity index (χ0) is 8.77. The van der Waals surface area contributed by atoms with E-state index in [0.717, 1.165) is 5.56 Å². The molecule has 1 aromatic carbocycles. The van der Waals surface area contributed by atoms with Crippen LogP contribution in [0.3, 0.4) is 0 Å². The highest BCUT2D eigenvalue weighted by atomic mass is 19.3. The van der Waals surface area contributed by atoms with Crippen molar-refractivity contribution in [2.75, 3.05) is 0 Å². The summed E-state index contributed by atoms with van der Waals surface area (Å²) in [6.07, 6.45) is -3.50. The molecule has 72 valence electrons. The van der Waals surface area contributed by atoms with E-state index in [2.05, 4.69) is 9.47 Å². The van der Waals surface area contributed by atoms with Crippen LogP contribution < -0.4 is 9.47 Å². The third-order valence-electron chi connectivity index (χ3n) is 1.56. The number of fused-ring (bicyclic) bond motifs is 1. The Labute approximate surface area is 75.1 Å². The Bertz CT molecular complexity index is 323. The van der Waals surface area contributed by atoms with E-state index in [4.69, 9.17) is 0 Å². The van der Waals surface area contributed by atoms with Crippen LogP contribution in [0.5, 0.6) is 11.5 Å². The smallest absolute Gasteiger partial charge is 0.395 e. The average molecular weight is 188 g/mol. The van der Waals surface area contributed by atoms with Gasteiger partial charge in [-0.2, -0.15) is 0 Å². The number of rotatable bonds is 0. The van der Waals surface area contributed by atoms with E-state index in [0.29, 0.717) is 0 Å². The quantitative estimate of drug-likeness (QED) is 0.623. The first-order valence-corrected chi connectivity index (χ1v) is 3.43. The average Bonchev–Trinajstić information content (AvgIpc) is 2.21. The second-order valence-electron chi connectivity index (χ2n) is 2.62. The number of benzene rings is 1. The van der Waals surface area contributed by atoms with Gasteiger partial charge in [-0.05, 0) is 24.6 Å². The highest BCUT2D eigenvalue weighted by Crippen LogP contribution is 2.40. The molecule has 0 saturated carbocycles. The van der Waals surface area contributed by atoms with Crippen LogP contribution in [-0.4, -0.2) is 6.29 Å². The molecule has 1 heterocycles. The molecule has 2 nitrogen and oxygen atoms in total. The van der Waals surface area contributed by atoms with E-state index in [1.807, 2.05) is 0 Å². The van der Waals surface area contributed by atoms with E-state index < -0.39 is 6.29 Å². The summed E-state index contributed by atoms with van der Waals surface area (Å²) in [6, 6.07) is 4.66. The Balaban J connectivity index is 0.000000845. The predicted molar refractivity (Wildman–Crippen MR) is 44.1 cm³/mol. The molecule has 0 spiro atoms. The van der Waals surface area contributed by atoms with Crippen LogP contribution in [0.4, 0.5) is 8.78 Å². The molecule has 0 unspecified atom stereocenters. The number of alkyl halides is 2. The fraction of sp³-hybridized carbons (Fsp3) is 0.333. The Kier molecular flexibility index (Phi) is 2.15. The Morgan fingerprint density at radius 1 is 1.15 bits per heavy atom. The Morgan fingerprint density at radius 2 is 1.77 bits per heavy atom. The second kappa shape index (κ2) is 2.87. The minimum Gasteiger partial charge on any atom is -0.395 e. The lowest BCUT2D eigenvalue weighted by atomic mass is 10.2. The van der Waals surface area contributed by atoms with Gasteiger partial charge in [0.15, 0.2) is 11.5 Å². The van der Waals surface area contributed by atoms with Crippen LogP contribution in [0.25, 0.3) is 0 Å². The summed E-state index contributed by atoms with van der Waals surface area (Å²) < 4.78 is 33.3. The van der Waals surface area contributed by atoms with Crippen LogP contribution in [0.2, 0.25) is 0 Å². The van der Waals surface area contributed by atoms with Crippen molar-refractivity contribution in [3.05, 3.63) is 23.8 Å². The molecule has 1 aromatic rings. The number of aryl methyl sites for hydroxylation is 1. The second-order valence-corrected chi connectivity index (χ2v) is 2.62. The maximum atomic E-state index is 12.4. The van der Waals surface area contributed by atoms with Crippen molar-refractivity contribution >= 4 is 0 Å². The normalized spacial score (nSPS) is 16.5. The summed E-state index contributed by atoms with van der Waals surface area (Å²) in [4.78, 5) is 0. The van der Waals surface area contributed by atoms with Gasteiger partial charge in [0.05, 0.1) is 0 Å². The third kappa shape index (κ3) is 1.71. The van der Waals surface area contributed by atoms with Crippen molar-refractivity contribution < 1.29 is 18.3 Å². The summed E-state index contributed by atoms with van der Waals surface area (Å²) in [5.41, 5.74) is 0.857. The summed E-state index contributed by atoms with van der Waals surface area (Å²) in [7, 11) is 0. The predicted octanol–water partition coefficient (Wildman–Crippen LogP) is 2.95. The fourth-order valence-electron chi connectivity index (χ4n) is 1.06. The lowest BCUT2D eigenvalue weighted by Gasteiger charge is -2.04. The van der Waals surface area contributed by atoms with Crippen LogP contribution in [-0.2, 0) is 0 Å². The van der Waals surface area contributed by atoms with Gasteiger partial charge in [0.1, 0.15) is 0 Å². The van der Waals surface area contributed by atoms with Crippen molar-refractivity contribution in [2.45, 2.75) is 20.6 Å². The number of halogens is 2. The first-order chi connectivity index (χ1) is 5.57. The molecular weight excluding hydrogens is 178 g/mol. The van der Waals surface area contributed by atoms with Gasteiger partial charge in [-0.15, -0.1) is 8.78 Å². The molecule has 0 aromatic heterocycles. The number of ether oxygens (including phenoxy) is 2. The van der Waals surface area contributed by atoms with E-state index in [9.17, 15) is 8.78 Å². The summed E-state index contributed by atoms with van der Waals surface area (Å²) >= 11 is 0.